The molecule has 0 amide bonds. The lowest BCUT2D eigenvalue weighted by atomic mass is 9.97. The highest BCUT2D eigenvalue weighted by atomic mass is 19.1. The lowest BCUT2D eigenvalue weighted by Gasteiger charge is -2.33. The van der Waals surface area contributed by atoms with Crippen molar-refractivity contribution < 1.29 is 4.39 Å². The van der Waals surface area contributed by atoms with Crippen LogP contribution in [0.5, 0.6) is 0 Å². The number of benzene rings is 3. The number of aromatic nitrogens is 3. The first-order chi connectivity index (χ1) is 18.2. The van der Waals surface area contributed by atoms with Gasteiger partial charge in [-0.1, -0.05) is 54.6 Å². The van der Waals surface area contributed by atoms with Crippen molar-refractivity contribution in [1.82, 2.24) is 19.4 Å². The minimum atomic E-state index is -0.220. The molecule has 1 aliphatic heterocycles. The van der Waals surface area contributed by atoms with E-state index < -0.39 is 0 Å². The minimum absolute atomic E-state index is 0.220. The summed E-state index contributed by atoms with van der Waals surface area (Å²) < 4.78 is 15.9. The summed E-state index contributed by atoms with van der Waals surface area (Å²) >= 11 is 0. The highest BCUT2D eigenvalue weighted by Crippen LogP contribution is 2.32. The second kappa shape index (κ2) is 9.96. The van der Waals surface area contributed by atoms with E-state index in [0.29, 0.717) is 11.6 Å². The number of hydrogen-bond donors (Lipinski definition) is 0. The average Bonchev–Trinajstić information content (AvgIpc) is 3.37. The molecule has 182 valence electrons. The van der Waals surface area contributed by atoms with E-state index in [9.17, 15) is 9.65 Å². The number of rotatable bonds is 5. The van der Waals surface area contributed by atoms with Crippen LogP contribution in [-0.4, -0.2) is 32.5 Å². The van der Waals surface area contributed by atoms with Crippen molar-refractivity contribution in [2.24, 2.45) is 0 Å². The number of halogens is 1. The Morgan fingerprint density at radius 1 is 0.892 bits per heavy atom. The number of hydrogen-bond acceptors (Lipinski definition) is 4. The second-order valence-electron chi connectivity index (χ2n) is 9.59. The Bertz CT molecular complexity index is 1580. The Hall–Kier alpha value is -4.34. The zero-order valence-electron chi connectivity index (χ0n) is 20.4. The summed E-state index contributed by atoms with van der Waals surface area (Å²) in [5, 5.41) is 9.38. The van der Waals surface area contributed by atoms with E-state index in [1.54, 1.807) is 18.3 Å². The van der Waals surface area contributed by atoms with Gasteiger partial charge in [-0.3, -0.25) is 9.88 Å². The van der Waals surface area contributed by atoms with Crippen LogP contribution in [0.2, 0.25) is 0 Å². The third-order valence-electron chi connectivity index (χ3n) is 7.22. The quantitative estimate of drug-likeness (QED) is 0.280. The van der Waals surface area contributed by atoms with Crippen LogP contribution in [0.15, 0.2) is 91.4 Å². The Morgan fingerprint density at radius 3 is 2.43 bits per heavy atom. The monoisotopic (exact) mass is 487 g/mol. The van der Waals surface area contributed by atoms with Crippen LogP contribution in [0.25, 0.3) is 33.4 Å². The molecule has 1 aliphatic rings. The van der Waals surface area contributed by atoms with E-state index in [1.807, 2.05) is 42.7 Å². The summed E-state index contributed by atoms with van der Waals surface area (Å²) in [5.41, 5.74) is 7.44. The molecule has 0 unspecified atom stereocenters. The summed E-state index contributed by atoms with van der Waals surface area (Å²) in [4.78, 5) is 11.6. The van der Waals surface area contributed by atoms with Crippen LogP contribution in [0, 0.1) is 17.1 Å². The van der Waals surface area contributed by atoms with Crippen molar-refractivity contribution in [2.75, 3.05) is 13.1 Å². The minimum Gasteiger partial charge on any atom is -0.327 e. The summed E-state index contributed by atoms with van der Waals surface area (Å²) in [5.74, 6) is -0.220. The van der Waals surface area contributed by atoms with Gasteiger partial charge in [0.15, 0.2) is 0 Å². The van der Waals surface area contributed by atoms with Crippen LogP contribution in [0.3, 0.4) is 0 Å². The highest BCUT2D eigenvalue weighted by Gasteiger charge is 2.22. The molecule has 0 aliphatic carbocycles. The molecule has 37 heavy (non-hydrogen) atoms. The SMILES string of the molecule is N#Cc1cnc(-c2ccc(CN3CCC(n4cnc5ccc(F)cc54)CC3)cc2)c(-c2ccccc2)c1. The fourth-order valence-electron chi connectivity index (χ4n) is 5.27. The van der Waals surface area contributed by atoms with Gasteiger partial charge in [-0.2, -0.15) is 5.26 Å². The highest BCUT2D eigenvalue weighted by molar-refractivity contribution is 5.81. The van der Waals surface area contributed by atoms with Crippen molar-refractivity contribution in [1.29, 1.82) is 5.26 Å². The standard InChI is InChI=1S/C31H26FN5/c32-26-10-11-29-30(17-26)37(21-35-29)27-12-14-36(15-13-27)20-22-6-8-25(9-7-22)31-28(16-23(18-33)19-34-31)24-4-2-1-3-5-24/h1-11,16-17,19,21,27H,12-15,20H2. The number of nitrogens with zero attached hydrogens (tertiary/aromatic N) is 5. The fraction of sp³-hybridized carbons (Fsp3) is 0.194. The first-order valence-electron chi connectivity index (χ1n) is 12.6. The number of imidazole rings is 1. The molecule has 0 spiro atoms. The van der Waals surface area contributed by atoms with E-state index in [4.69, 9.17) is 0 Å². The molecule has 1 saturated heterocycles. The van der Waals surface area contributed by atoms with Gasteiger partial charge in [-0.05, 0) is 48.2 Å². The van der Waals surface area contributed by atoms with E-state index in [1.165, 1.54) is 11.6 Å². The van der Waals surface area contributed by atoms with E-state index in [0.717, 1.165) is 65.9 Å². The summed E-state index contributed by atoms with van der Waals surface area (Å²) in [6, 6.07) is 27.9. The summed E-state index contributed by atoms with van der Waals surface area (Å²) in [7, 11) is 0. The van der Waals surface area contributed by atoms with Crippen molar-refractivity contribution >= 4 is 11.0 Å². The van der Waals surface area contributed by atoms with Crippen LogP contribution in [0.4, 0.5) is 4.39 Å². The average molecular weight is 488 g/mol. The maximum atomic E-state index is 13.8. The molecule has 6 rings (SSSR count). The van der Waals surface area contributed by atoms with Gasteiger partial charge in [0.2, 0.25) is 0 Å². The molecule has 6 heteroatoms. The third-order valence-corrected chi connectivity index (χ3v) is 7.22. The van der Waals surface area contributed by atoms with Crippen LogP contribution in [-0.2, 0) is 6.54 Å². The van der Waals surface area contributed by atoms with Crippen LogP contribution < -0.4 is 0 Å². The molecular formula is C31H26FN5. The Kier molecular flexibility index (Phi) is 6.21. The number of fused-ring (bicyclic) bond motifs is 1. The number of pyridine rings is 1. The third kappa shape index (κ3) is 4.74. The lowest BCUT2D eigenvalue weighted by molar-refractivity contribution is 0.181. The van der Waals surface area contributed by atoms with Gasteiger partial charge in [0, 0.05) is 43.0 Å². The molecule has 0 atom stereocenters. The Morgan fingerprint density at radius 2 is 1.68 bits per heavy atom. The molecular weight excluding hydrogens is 461 g/mol. The van der Waals surface area contributed by atoms with Gasteiger partial charge < -0.3 is 4.57 Å². The largest absolute Gasteiger partial charge is 0.327 e. The predicted molar refractivity (Wildman–Crippen MR) is 143 cm³/mol. The van der Waals surface area contributed by atoms with Gasteiger partial charge in [-0.25, -0.2) is 9.37 Å². The van der Waals surface area contributed by atoms with E-state index >= 15 is 0 Å². The van der Waals surface area contributed by atoms with Gasteiger partial charge >= 0.3 is 0 Å². The molecule has 0 N–H and O–H groups in total. The lowest BCUT2D eigenvalue weighted by Crippen LogP contribution is -2.34. The zero-order valence-corrected chi connectivity index (χ0v) is 20.4. The van der Waals surface area contributed by atoms with Crippen molar-refractivity contribution in [2.45, 2.75) is 25.4 Å². The first kappa shape index (κ1) is 23.1. The molecule has 5 aromatic rings. The number of piperidine rings is 1. The van der Waals surface area contributed by atoms with Crippen molar-refractivity contribution in [3.8, 4) is 28.5 Å². The molecule has 0 bridgehead atoms. The molecule has 0 radical (unpaired) electrons. The summed E-state index contributed by atoms with van der Waals surface area (Å²) in [6.07, 6.45) is 5.51. The van der Waals surface area contributed by atoms with Gasteiger partial charge in [0.25, 0.3) is 0 Å². The van der Waals surface area contributed by atoms with Gasteiger partial charge in [-0.15, -0.1) is 0 Å². The van der Waals surface area contributed by atoms with Gasteiger partial charge in [0.05, 0.1) is 28.6 Å². The summed E-state index contributed by atoms with van der Waals surface area (Å²) in [6.45, 7) is 2.85. The second-order valence-corrected chi connectivity index (χ2v) is 9.59. The molecule has 5 nitrogen and oxygen atoms in total. The molecule has 1 fully saturated rings. The number of nitriles is 1. The van der Waals surface area contributed by atoms with Crippen LogP contribution >= 0.6 is 0 Å². The smallest absolute Gasteiger partial charge is 0.125 e. The van der Waals surface area contributed by atoms with Crippen molar-refractivity contribution in [3.63, 3.8) is 0 Å². The maximum Gasteiger partial charge on any atom is 0.125 e. The zero-order chi connectivity index (χ0) is 25.2. The van der Waals surface area contributed by atoms with E-state index in [-0.39, 0.29) is 5.82 Å². The van der Waals surface area contributed by atoms with Crippen molar-refractivity contribution in [3.05, 3.63) is 108 Å². The molecule has 3 aromatic carbocycles. The Labute approximate surface area is 215 Å². The molecule has 2 aromatic heterocycles. The molecule has 0 saturated carbocycles. The van der Waals surface area contributed by atoms with E-state index in [2.05, 4.69) is 49.8 Å². The maximum absolute atomic E-state index is 13.8. The fourth-order valence-corrected chi connectivity index (χ4v) is 5.27. The normalized spacial score (nSPS) is 14.6. The first-order valence-corrected chi connectivity index (χ1v) is 12.6. The number of likely N-dealkylation sites (tertiary alicyclic amines) is 1. The predicted octanol–water partition coefficient (Wildman–Crippen LogP) is 6.61. The van der Waals surface area contributed by atoms with Gasteiger partial charge in [0.1, 0.15) is 11.9 Å². The van der Waals surface area contributed by atoms with Crippen LogP contribution in [0.1, 0.15) is 30.0 Å². The Balaban J connectivity index is 1.15. The molecule has 3 heterocycles. The topological polar surface area (TPSA) is 57.7 Å².